The molecular weight excluding hydrogens is 256 g/mol. The van der Waals surface area contributed by atoms with Gasteiger partial charge in [0.15, 0.2) is 0 Å². The number of carboxylic acids is 1. The van der Waals surface area contributed by atoms with Gasteiger partial charge in [0.25, 0.3) is 5.91 Å². The van der Waals surface area contributed by atoms with E-state index in [4.69, 9.17) is 5.11 Å². The first-order valence-corrected chi connectivity index (χ1v) is 5.95. The average molecular weight is 269 g/mol. The van der Waals surface area contributed by atoms with E-state index in [1.54, 1.807) is 0 Å². The summed E-state index contributed by atoms with van der Waals surface area (Å²) in [6, 6.07) is 2.60. The molecule has 0 unspecified atom stereocenters. The second-order valence-corrected chi connectivity index (χ2v) is 4.59. The van der Waals surface area contributed by atoms with Gasteiger partial charge in [0.05, 0.1) is 5.92 Å². The van der Waals surface area contributed by atoms with E-state index < -0.39 is 29.4 Å². The van der Waals surface area contributed by atoms with Crippen LogP contribution in [0.5, 0.6) is 0 Å². The van der Waals surface area contributed by atoms with Crippen molar-refractivity contribution < 1.29 is 23.5 Å². The number of piperidine rings is 1. The third-order valence-corrected chi connectivity index (χ3v) is 3.17. The Balaban J connectivity index is 2.16. The summed E-state index contributed by atoms with van der Waals surface area (Å²) in [7, 11) is 0. The van der Waals surface area contributed by atoms with Crippen molar-refractivity contribution in [2.24, 2.45) is 5.92 Å². The van der Waals surface area contributed by atoms with Crippen molar-refractivity contribution in [1.82, 2.24) is 4.90 Å². The second kappa shape index (κ2) is 5.34. The predicted molar refractivity (Wildman–Crippen MR) is 62.6 cm³/mol. The Morgan fingerprint density at radius 1 is 1.21 bits per heavy atom. The number of likely N-dealkylation sites (tertiary alicyclic amines) is 1. The standard InChI is InChI=1S/C13H13F2NO3/c14-10-4-9(5-11(15)6-10)12(17)16-3-1-2-8(7-16)13(18)19/h4-6,8H,1-3,7H2,(H,18,19)/t8-/m0/s1. The number of hydrogen-bond acceptors (Lipinski definition) is 2. The van der Waals surface area contributed by atoms with Gasteiger partial charge in [-0.2, -0.15) is 0 Å². The van der Waals surface area contributed by atoms with Crippen molar-refractivity contribution >= 4 is 11.9 Å². The number of rotatable bonds is 2. The second-order valence-electron chi connectivity index (χ2n) is 4.59. The summed E-state index contributed by atoms with van der Waals surface area (Å²) in [6.45, 7) is 0.479. The van der Waals surface area contributed by atoms with Crippen molar-refractivity contribution in [3.8, 4) is 0 Å². The topological polar surface area (TPSA) is 57.6 Å². The Bertz CT molecular complexity index is 498. The fourth-order valence-electron chi connectivity index (χ4n) is 2.22. The van der Waals surface area contributed by atoms with Crippen LogP contribution >= 0.6 is 0 Å². The lowest BCUT2D eigenvalue weighted by Crippen LogP contribution is -2.42. The Labute approximate surface area is 108 Å². The minimum atomic E-state index is -0.956. The summed E-state index contributed by atoms with van der Waals surface area (Å²) in [5, 5.41) is 8.94. The lowest BCUT2D eigenvalue weighted by atomic mass is 9.97. The summed E-state index contributed by atoms with van der Waals surface area (Å²) in [5.41, 5.74) is -0.0939. The average Bonchev–Trinajstić information content (AvgIpc) is 2.37. The fourth-order valence-corrected chi connectivity index (χ4v) is 2.22. The maximum Gasteiger partial charge on any atom is 0.308 e. The summed E-state index contributed by atoms with van der Waals surface area (Å²) < 4.78 is 26.1. The van der Waals surface area contributed by atoms with Crippen molar-refractivity contribution in [3.63, 3.8) is 0 Å². The first kappa shape index (κ1) is 13.5. The fraction of sp³-hybridized carbons (Fsp3) is 0.385. The molecule has 1 atom stereocenters. The molecule has 2 rings (SSSR count). The Hall–Kier alpha value is -1.98. The van der Waals surface area contributed by atoms with E-state index in [1.807, 2.05) is 0 Å². The molecule has 1 amide bonds. The third-order valence-electron chi connectivity index (χ3n) is 3.17. The first-order valence-electron chi connectivity index (χ1n) is 5.95. The molecular formula is C13H13F2NO3. The van der Waals surface area contributed by atoms with Crippen LogP contribution in [0, 0.1) is 17.6 Å². The number of amides is 1. The van der Waals surface area contributed by atoms with Crippen molar-refractivity contribution in [2.45, 2.75) is 12.8 Å². The molecule has 4 nitrogen and oxygen atoms in total. The smallest absolute Gasteiger partial charge is 0.308 e. The number of halogens is 2. The third kappa shape index (κ3) is 3.07. The van der Waals surface area contributed by atoms with Crippen LogP contribution in [0.1, 0.15) is 23.2 Å². The van der Waals surface area contributed by atoms with E-state index in [2.05, 4.69) is 0 Å². The predicted octanol–water partition coefficient (Wildman–Crippen LogP) is 1.90. The van der Waals surface area contributed by atoms with Gasteiger partial charge < -0.3 is 10.0 Å². The zero-order valence-corrected chi connectivity index (χ0v) is 10.1. The van der Waals surface area contributed by atoms with Gasteiger partial charge in [-0.05, 0) is 25.0 Å². The van der Waals surface area contributed by atoms with Crippen LogP contribution in [-0.2, 0) is 4.79 Å². The first-order chi connectivity index (χ1) is 8.97. The number of carbonyl (C=O) groups excluding carboxylic acids is 1. The Kier molecular flexibility index (Phi) is 3.78. The highest BCUT2D eigenvalue weighted by Gasteiger charge is 2.28. The van der Waals surface area contributed by atoms with Crippen molar-refractivity contribution in [1.29, 1.82) is 0 Å². The van der Waals surface area contributed by atoms with Crippen LogP contribution in [-0.4, -0.2) is 35.0 Å². The molecule has 0 radical (unpaired) electrons. The number of nitrogens with zero attached hydrogens (tertiary/aromatic N) is 1. The van der Waals surface area contributed by atoms with Crippen LogP contribution in [0.15, 0.2) is 18.2 Å². The molecule has 0 saturated carbocycles. The van der Waals surface area contributed by atoms with Gasteiger partial charge in [-0.25, -0.2) is 8.78 Å². The monoisotopic (exact) mass is 269 g/mol. The Morgan fingerprint density at radius 2 is 1.84 bits per heavy atom. The van der Waals surface area contributed by atoms with Gasteiger partial charge in [-0.3, -0.25) is 9.59 Å². The SMILES string of the molecule is O=C(O)[C@H]1CCCN(C(=O)c2cc(F)cc(F)c2)C1. The van der Waals surface area contributed by atoms with Crippen LogP contribution in [0.2, 0.25) is 0 Å². The lowest BCUT2D eigenvalue weighted by Gasteiger charge is -2.30. The normalized spacial score (nSPS) is 19.3. The minimum absolute atomic E-state index is 0.0757. The summed E-state index contributed by atoms with van der Waals surface area (Å²) in [4.78, 5) is 24.3. The quantitative estimate of drug-likeness (QED) is 0.892. The van der Waals surface area contributed by atoms with E-state index in [1.165, 1.54) is 4.90 Å². The molecule has 0 aromatic heterocycles. The molecule has 0 aliphatic carbocycles. The number of carboxylic acid groups (broad SMARTS) is 1. The van der Waals surface area contributed by atoms with Crippen LogP contribution in [0.4, 0.5) is 8.78 Å². The van der Waals surface area contributed by atoms with Gasteiger partial charge in [0, 0.05) is 24.7 Å². The highest BCUT2D eigenvalue weighted by Crippen LogP contribution is 2.19. The van der Waals surface area contributed by atoms with E-state index in [-0.39, 0.29) is 12.1 Å². The number of carbonyl (C=O) groups is 2. The number of hydrogen-bond donors (Lipinski definition) is 1. The molecule has 1 saturated heterocycles. The summed E-state index contributed by atoms with van der Waals surface area (Å²) in [6.07, 6.45) is 1.08. The highest BCUT2D eigenvalue weighted by atomic mass is 19.1. The van der Waals surface area contributed by atoms with Crippen molar-refractivity contribution in [2.75, 3.05) is 13.1 Å². The van der Waals surface area contributed by atoms with E-state index in [0.29, 0.717) is 25.5 Å². The molecule has 19 heavy (non-hydrogen) atoms. The molecule has 1 aliphatic rings. The maximum absolute atomic E-state index is 13.1. The van der Waals surface area contributed by atoms with Gasteiger partial charge in [0.2, 0.25) is 0 Å². The summed E-state index contributed by atoms with van der Waals surface area (Å²) in [5.74, 6) is -3.76. The zero-order valence-electron chi connectivity index (χ0n) is 10.1. The largest absolute Gasteiger partial charge is 0.481 e. The van der Waals surface area contributed by atoms with Crippen LogP contribution in [0.25, 0.3) is 0 Å². The van der Waals surface area contributed by atoms with Crippen LogP contribution in [0.3, 0.4) is 0 Å². The molecule has 1 aromatic carbocycles. The van der Waals surface area contributed by atoms with Gasteiger partial charge >= 0.3 is 5.97 Å². The van der Waals surface area contributed by atoms with Gasteiger partial charge in [0.1, 0.15) is 11.6 Å². The lowest BCUT2D eigenvalue weighted by molar-refractivity contribution is -0.143. The molecule has 1 heterocycles. The van der Waals surface area contributed by atoms with Gasteiger partial charge in [-0.1, -0.05) is 0 Å². The van der Waals surface area contributed by atoms with E-state index >= 15 is 0 Å². The number of aliphatic carboxylic acids is 1. The molecule has 0 spiro atoms. The molecule has 1 aromatic rings. The zero-order chi connectivity index (χ0) is 14.0. The molecule has 6 heteroatoms. The molecule has 1 fully saturated rings. The highest BCUT2D eigenvalue weighted by molar-refractivity contribution is 5.94. The summed E-state index contributed by atoms with van der Waals surface area (Å²) >= 11 is 0. The maximum atomic E-state index is 13.1. The molecule has 0 bridgehead atoms. The van der Waals surface area contributed by atoms with E-state index in [9.17, 15) is 18.4 Å². The Morgan fingerprint density at radius 3 is 2.42 bits per heavy atom. The molecule has 1 N–H and O–H groups in total. The van der Waals surface area contributed by atoms with Gasteiger partial charge in [-0.15, -0.1) is 0 Å². The van der Waals surface area contributed by atoms with E-state index in [0.717, 1.165) is 12.1 Å². The number of benzene rings is 1. The minimum Gasteiger partial charge on any atom is -0.481 e. The molecule has 1 aliphatic heterocycles. The molecule has 102 valence electrons. The van der Waals surface area contributed by atoms with Crippen LogP contribution < -0.4 is 0 Å². The van der Waals surface area contributed by atoms with Crippen molar-refractivity contribution in [3.05, 3.63) is 35.4 Å².